The third-order valence-electron chi connectivity index (χ3n) is 3.72. The van der Waals surface area contributed by atoms with Crippen molar-refractivity contribution in [1.82, 2.24) is 19.9 Å². The van der Waals surface area contributed by atoms with E-state index in [1.54, 1.807) is 6.20 Å². The molecule has 5 nitrogen and oxygen atoms in total. The number of nitrogens with zero attached hydrogens (tertiary/aromatic N) is 4. The lowest BCUT2D eigenvalue weighted by molar-refractivity contribution is 0.111. The minimum absolute atomic E-state index is 0.392. The standard InChI is InChI=1S/C12H18N4O/c17-9-11-7-16(14-13-11)12-2-1-5-15(8-12)6-10-3-4-10/h7,9-10,12H,1-6,8H2/t12-/m1/s1. The minimum Gasteiger partial charge on any atom is -0.301 e. The van der Waals surface area contributed by atoms with Crippen LogP contribution < -0.4 is 0 Å². The van der Waals surface area contributed by atoms with Crippen molar-refractivity contribution in [3.05, 3.63) is 11.9 Å². The quantitative estimate of drug-likeness (QED) is 0.733. The van der Waals surface area contributed by atoms with Gasteiger partial charge in [0.1, 0.15) is 5.69 Å². The second kappa shape index (κ2) is 4.56. The van der Waals surface area contributed by atoms with Crippen molar-refractivity contribution in [2.24, 2.45) is 5.92 Å². The zero-order chi connectivity index (χ0) is 11.7. The predicted molar refractivity (Wildman–Crippen MR) is 62.8 cm³/mol. The third kappa shape index (κ3) is 2.54. The molecule has 1 saturated carbocycles. The summed E-state index contributed by atoms with van der Waals surface area (Å²) in [5.41, 5.74) is 0.435. The summed E-state index contributed by atoms with van der Waals surface area (Å²) in [6.07, 6.45) is 7.68. The van der Waals surface area contributed by atoms with Crippen LogP contribution in [-0.2, 0) is 0 Å². The average Bonchev–Trinajstić information content (AvgIpc) is 3.04. The van der Waals surface area contributed by atoms with Crippen LogP contribution in [-0.4, -0.2) is 45.8 Å². The van der Waals surface area contributed by atoms with Gasteiger partial charge in [-0.15, -0.1) is 5.10 Å². The summed E-state index contributed by atoms with van der Waals surface area (Å²) in [7, 11) is 0. The molecule has 0 radical (unpaired) electrons. The molecule has 2 fully saturated rings. The second-order valence-corrected chi connectivity index (χ2v) is 5.24. The number of rotatable bonds is 4. The van der Waals surface area contributed by atoms with Crippen LogP contribution in [0.2, 0.25) is 0 Å². The molecular weight excluding hydrogens is 216 g/mol. The van der Waals surface area contributed by atoms with E-state index in [1.807, 2.05) is 4.68 Å². The Bertz CT molecular complexity index is 399. The largest absolute Gasteiger partial charge is 0.301 e. The van der Waals surface area contributed by atoms with Crippen LogP contribution in [0.15, 0.2) is 6.20 Å². The Hall–Kier alpha value is -1.23. The number of carbonyl (C=O) groups is 1. The number of aromatic nitrogens is 3. The zero-order valence-electron chi connectivity index (χ0n) is 9.96. The van der Waals surface area contributed by atoms with Crippen LogP contribution in [0, 0.1) is 5.92 Å². The van der Waals surface area contributed by atoms with Crippen LogP contribution in [0.5, 0.6) is 0 Å². The molecule has 1 aliphatic carbocycles. The van der Waals surface area contributed by atoms with Gasteiger partial charge in [0.05, 0.1) is 12.2 Å². The number of aldehydes is 1. The molecule has 0 spiro atoms. The number of likely N-dealkylation sites (tertiary alicyclic amines) is 1. The third-order valence-corrected chi connectivity index (χ3v) is 3.72. The fraction of sp³-hybridized carbons (Fsp3) is 0.750. The maximum absolute atomic E-state index is 10.6. The zero-order valence-corrected chi connectivity index (χ0v) is 9.96. The molecule has 0 bridgehead atoms. The highest BCUT2D eigenvalue weighted by Crippen LogP contribution is 2.31. The molecule has 0 N–H and O–H groups in total. The molecule has 2 aliphatic rings. The normalized spacial score (nSPS) is 26.0. The van der Waals surface area contributed by atoms with Crippen LogP contribution in [0.4, 0.5) is 0 Å². The molecule has 1 saturated heterocycles. The fourth-order valence-corrected chi connectivity index (χ4v) is 2.60. The molecule has 1 aromatic rings. The lowest BCUT2D eigenvalue weighted by Gasteiger charge is -2.32. The molecule has 2 heterocycles. The van der Waals surface area contributed by atoms with E-state index >= 15 is 0 Å². The first-order valence-electron chi connectivity index (χ1n) is 6.44. The van der Waals surface area contributed by atoms with Gasteiger partial charge in [0.2, 0.25) is 0 Å². The maximum atomic E-state index is 10.6. The smallest absolute Gasteiger partial charge is 0.171 e. The van der Waals surface area contributed by atoms with Crippen molar-refractivity contribution in [3.63, 3.8) is 0 Å². The molecule has 1 aliphatic heterocycles. The molecule has 0 unspecified atom stereocenters. The molecule has 92 valence electrons. The Morgan fingerprint density at radius 2 is 2.29 bits per heavy atom. The SMILES string of the molecule is O=Cc1cn([C@@H]2CCCN(CC3CC3)C2)nn1. The van der Waals surface area contributed by atoms with E-state index in [2.05, 4.69) is 15.2 Å². The van der Waals surface area contributed by atoms with Crippen LogP contribution in [0.3, 0.4) is 0 Å². The molecule has 0 amide bonds. The molecule has 1 aromatic heterocycles. The summed E-state index contributed by atoms with van der Waals surface area (Å²) < 4.78 is 1.86. The van der Waals surface area contributed by atoms with Gasteiger partial charge in [0.25, 0.3) is 0 Å². The molecule has 3 rings (SSSR count). The molecule has 17 heavy (non-hydrogen) atoms. The number of hydrogen-bond acceptors (Lipinski definition) is 4. The van der Waals surface area contributed by atoms with E-state index in [-0.39, 0.29) is 0 Å². The maximum Gasteiger partial charge on any atom is 0.171 e. The van der Waals surface area contributed by atoms with Gasteiger partial charge in [-0.3, -0.25) is 4.79 Å². The lowest BCUT2D eigenvalue weighted by atomic mass is 10.1. The van der Waals surface area contributed by atoms with Crippen LogP contribution in [0.25, 0.3) is 0 Å². The number of hydrogen-bond donors (Lipinski definition) is 0. The van der Waals surface area contributed by atoms with E-state index in [0.717, 1.165) is 25.2 Å². The average molecular weight is 234 g/mol. The van der Waals surface area contributed by atoms with Gasteiger partial charge in [-0.05, 0) is 38.1 Å². The van der Waals surface area contributed by atoms with Crippen molar-refractivity contribution < 1.29 is 4.79 Å². The highest BCUT2D eigenvalue weighted by Gasteiger charge is 2.28. The molecule has 1 atom stereocenters. The van der Waals surface area contributed by atoms with E-state index < -0.39 is 0 Å². The Balaban J connectivity index is 1.63. The summed E-state index contributed by atoms with van der Waals surface area (Å²) in [6.45, 7) is 3.51. The molecule has 5 heteroatoms. The first-order chi connectivity index (χ1) is 8.35. The van der Waals surface area contributed by atoms with Gasteiger partial charge in [-0.25, -0.2) is 4.68 Å². The van der Waals surface area contributed by atoms with Crippen molar-refractivity contribution in [3.8, 4) is 0 Å². The van der Waals surface area contributed by atoms with E-state index in [9.17, 15) is 4.79 Å². The fourth-order valence-electron chi connectivity index (χ4n) is 2.60. The van der Waals surface area contributed by atoms with Crippen molar-refractivity contribution >= 4 is 6.29 Å². The molecule has 0 aromatic carbocycles. The Labute approximate surface area is 101 Å². The summed E-state index contributed by atoms with van der Waals surface area (Å²) in [6, 6.07) is 0.392. The Kier molecular flexibility index (Phi) is 2.93. The van der Waals surface area contributed by atoms with Crippen LogP contribution in [0.1, 0.15) is 42.2 Å². The summed E-state index contributed by atoms with van der Waals surface area (Å²) >= 11 is 0. The second-order valence-electron chi connectivity index (χ2n) is 5.24. The van der Waals surface area contributed by atoms with Crippen LogP contribution >= 0.6 is 0 Å². The molecular formula is C12H18N4O. The first kappa shape index (κ1) is 10.9. The highest BCUT2D eigenvalue weighted by atomic mass is 16.1. The topological polar surface area (TPSA) is 51.0 Å². The number of piperidine rings is 1. The monoisotopic (exact) mass is 234 g/mol. The van der Waals surface area contributed by atoms with Gasteiger partial charge in [-0.2, -0.15) is 0 Å². The van der Waals surface area contributed by atoms with Gasteiger partial charge in [0, 0.05) is 13.1 Å². The lowest BCUT2D eigenvalue weighted by Crippen LogP contribution is -2.38. The van der Waals surface area contributed by atoms with Gasteiger partial charge in [0.15, 0.2) is 6.29 Å². The van der Waals surface area contributed by atoms with Gasteiger partial charge >= 0.3 is 0 Å². The minimum atomic E-state index is 0.392. The summed E-state index contributed by atoms with van der Waals surface area (Å²) in [5.74, 6) is 0.940. The number of carbonyl (C=O) groups excluding carboxylic acids is 1. The summed E-state index contributed by atoms with van der Waals surface area (Å²) in [5, 5.41) is 7.88. The van der Waals surface area contributed by atoms with Crippen molar-refractivity contribution in [2.75, 3.05) is 19.6 Å². The van der Waals surface area contributed by atoms with E-state index in [0.29, 0.717) is 11.7 Å². The highest BCUT2D eigenvalue weighted by molar-refractivity contribution is 5.70. The van der Waals surface area contributed by atoms with Crippen molar-refractivity contribution in [1.29, 1.82) is 0 Å². The van der Waals surface area contributed by atoms with Gasteiger partial charge in [-0.1, -0.05) is 5.21 Å². The Morgan fingerprint density at radius 3 is 3.00 bits per heavy atom. The van der Waals surface area contributed by atoms with Gasteiger partial charge < -0.3 is 4.90 Å². The summed E-state index contributed by atoms with van der Waals surface area (Å²) in [4.78, 5) is 13.1. The van der Waals surface area contributed by atoms with E-state index in [1.165, 1.54) is 32.4 Å². The van der Waals surface area contributed by atoms with E-state index in [4.69, 9.17) is 0 Å². The Morgan fingerprint density at radius 1 is 1.41 bits per heavy atom. The van der Waals surface area contributed by atoms with Crippen molar-refractivity contribution in [2.45, 2.75) is 31.7 Å². The predicted octanol–water partition coefficient (Wildman–Crippen LogP) is 1.14. The first-order valence-corrected chi connectivity index (χ1v) is 6.44.